The average molecular weight is 296 g/mol. The summed E-state index contributed by atoms with van der Waals surface area (Å²) in [6.45, 7) is 3.43. The van der Waals surface area contributed by atoms with Crippen LogP contribution in [-0.2, 0) is 9.59 Å². The smallest absolute Gasteiger partial charge is 0.306 e. The Labute approximate surface area is 124 Å². The predicted octanol–water partition coefficient (Wildman–Crippen LogP) is 0.210. The molecule has 1 aliphatic rings. The summed E-state index contributed by atoms with van der Waals surface area (Å²) in [5, 5.41) is 12.1. The monoisotopic (exact) mass is 296 g/mol. The van der Waals surface area contributed by atoms with Crippen LogP contribution in [0.1, 0.15) is 33.1 Å². The molecule has 0 radical (unpaired) electrons. The van der Waals surface area contributed by atoms with Crippen molar-refractivity contribution in [2.45, 2.75) is 45.2 Å². The minimum absolute atomic E-state index is 0.0583. The fourth-order valence-corrected chi connectivity index (χ4v) is 2.79. The molecule has 0 bridgehead atoms. The first-order valence-electron chi connectivity index (χ1n) is 7.10. The topological polar surface area (TPSA) is 131 Å². The highest BCUT2D eigenvalue weighted by Crippen LogP contribution is 2.36. The van der Waals surface area contributed by atoms with Crippen molar-refractivity contribution in [3.63, 3.8) is 0 Å². The molecule has 0 spiro atoms. The van der Waals surface area contributed by atoms with Crippen molar-refractivity contribution in [2.75, 3.05) is 0 Å². The number of hydrogen-bond donors (Lipinski definition) is 4. The number of carbonyl (C=O) groups is 2. The quantitative estimate of drug-likeness (QED) is 0.316. The first kappa shape index (κ1) is 17.0. The molecule has 1 saturated carbocycles. The number of carboxylic acid groups (broad SMARTS) is 1. The molecule has 1 aliphatic carbocycles. The van der Waals surface area contributed by atoms with Crippen molar-refractivity contribution >= 4 is 17.8 Å². The zero-order valence-electron chi connectivity index (χ0n) is 12.5. The van der Waals surface area contributed by atoms with Gasteiger partial charge in [0.2, 0.25) is 5.91 Å². The first-order valence-corrected chi connectivity index (χ1v) is 7.10. The van der Waals surface area contributed by atoms with Crippen LogP contribution in [0.4, 0.5) is 0 Å². The highest BCUT2D eigenvalue weighted by atomic mass is 16.4. The molecule has 1 amide bonds. The largest absolute Gasteiger partial charge is 0.481 e. The molecule has 118 valence electrons. The van der Waals surface area contributed by atoms with Gasteiger partial charge in [-0.05, 0) is 19.3 Å². The number of carbonyl (C=O) groups excluding carboxylic acids is 1. The molecule has 7 heteroatoms. The zero-order valence-corrected chi connectivity index (χ0v) is 12.5. The average Bonchev–Trinajstić information content (AvgIpc) is 2.77. The molecule has 1 rings (SSSR count). The number of aliphatic imine (C=N–C) groups is 1. The van der Waals surface area contributed by atoms with E-state index in [0.717, 1.165) is 6.42 Å². The highest BCUT2D eigenvalue weighted by molar-refractivity contribution is 5.76. The van der Waals surface area contributed by atoms with E-state index in [2.05, 4.69) is 10.3 Å². The van der Waals surface area contributed by atoms with E-state index in [1.807, 2.05) is 19.1 Å². The van der Waals surface area contributed by atoms with E-state index in [0.29, 0.717) is 12.8 Å². The molecule has 7 nitrogen and oxygen atoms in total. The summed E-state index contributed by atoms with van der Waals surface area (Å²) in [7, 11) is 0. The molecule has 0 aromatic heterocycles. The standard InChI is InChI=1S/C14H24N4O3/c1-3-4-5-11(17-8(2)19)10-6-9(13(20)21)7-12(10)18-14(15)16/h4-5,9-12H,3,6-7H2,1-2H3,(H,17,19)(H,20,21)(H4,15,16,18)/b5-4+. The second kappa shape index (κ2) is 7.66. The van der Waals surface area contributed by atoms with E-state index in [-0.39, 0.29) is 29.9 Å². The third-order valence-electron chi connectivity index (χ3n) is 3.65. The Bertz CT molecular complexity index is 444. The summed E-state index contributed by atoms with van der Waals surface area (Å²) in [6, 6.07) is -0.561. The molecule has 21 heavy (non-hydrogen) atoms. The summed E-state index contributed by atoms with van der Waals surface area (Å²) in [5.41, 5.74) is 10.9. The maximum Gasteiger partial charge on any atom is 0.306 e. The van der Waals surface area contributed by atoms with Gasteiger partial charge >= 0.3 is 5.97 Å². The lowest BCUT2D eigenvalue weighted by molar-refractivity contribution is -0.141. The Morgan fingerprint density at radius 1 is 1.43 bits per heavy atom. The summed E-state index contributed by atoms with van der Waals surface area (Å²) >= 11 is 0. The van der Waals surface area contributed by atoms with E-state index in [4.69, 9.17) is 11.5 Å². The van der Waals surface area contributed by atoms with Crippen molar-refractivity contribution in [2.24, 2.45) is 28.3 Å². The molecule has 6 N–H and O–H groups in total. The van der Waals surface area contributed by atoms with Crippen LogP contribution < -0.4 is 16.8 Å². The number of nitrogens with one attached hydrogen (secondary N) is 1. The summed E-state index contributed by atoms with van der Waals surface area (Å²) < 4.78 is 0. The number of aliphatic carboxylic acids is 1. The fraction of sp³-hybridized carbons (Fsp3) is 0.643. The number of carboxylic acids is 1. The Morgan fingerprint density at radius 2 is 2.10 bits per heavy atom. The van der Waals surface area contributed by atoms with Gasteiger partial charge < -0.3 is 21.9 Å². The van der Waals surface area contributed by atoms with E-state index in [1.54, 1.807) is 0 Å². The van der Waals surface area contributed by atoms with Crippen molar-refractivity contribution < 1.29 is 14.7 Å². The number of nitrogens with two attached hydrogens (primary N) is 2. The van der Waals surface area contributed by atoms with E-state index in [9.17, 15) is 14.7 Å². The molecule has 4 atom stereocenters. The van der Waals surface area contributed by atoms with Crippen LogP contribution in [0.25, 0.3) is 0 Å². The molecule has 0 aromatic carbocycles. The van der Waals surface area contributed by atoms with Crippen LogP contribution in [0.5, 0.6) is 0 Å². The number of guanidine groups is 1. The summed E-state index contributed by atoms with van der Waals surface area (Å²) in [4.78, 5) is 26.7. The fourth-order valence-electron chi connectivity index (χ4n) is 2.79. The lowest BCUT2D eigenvalue weighted by Gasteiger charge is -2.25. The van der Waals surface area contributed by atoms with Gasteiger partial charge in [0.25, 0.3) is 0 Å². The Hall–Kier alpha value is -2.05. The molecular weight excluding hydrogens is 272 g/mol. The minimum Gasteiger partial charge on any atom is -0.481 e. The molecule has 0 aromatic rings. The Kier molecular flexibility index (Phi) is 6.20. The van der Waals surface area contributed by atoms with Crippen LogP contribution in [0.2, 0.25) is 0 Å². The van der Waals surface area contributed by atoms with Crippen LogP contribution in [0.15, 0.2) is 17.1 Å². The van der Waals surface area contributed by atoms with Gasteiger partial charge in [-0.3, -0.25) is 9.59 Å². The third-order valence-corrected chi connectivity index (χ3v) is 3.65. The summed E-state index contributed by atoms with van der Waals surface area (Å²) in [6.07, 6.45) is 5.49. The van der Waals surface area contributed by atoms with Crippen molar-refractivity contribution in [1.29, 1.82) is 0 Å². The molecule has 1 fully saturated rings. The maximum atomic E-state index is 11.4. The SMILES string of the molecule is CC/C=C/C(NC(C)=O)C1CC(C(=O)O)CC1N=C(N)N. The van der Waals surface area contributed by atoms with Gasteiger partial charge in [0.15, 0.2) is 5.96 Å². The zero-order chi connectivity index (χ0) is 16.0. The van der Waals surface area contributed by atoms with Gasteiger partial charge in [0.1, 0.15) is 0 Å². The minimum atomic E-state index is -0.852. The molecule has 4 unspecified atom stereocenters. The van der Waals surface area contributed by atoms with Gasteiger partial charge in [-0.2, -0.15) is 0 Å². The first-order chi connectivity index (χ1) is 9.85. The van der Waals surface area contributed by atoms with Crippen LogP contribution in [0.3, 0.4) is 0 Å². The van der Waals surface area contributed by atoms with E-state index >= 15 is 0 Å². The van der Waals surface area contributed by atoms with Gasteiger partial charge in [-0.15, -0.1) is 0 Å². The second-order valence-electron chi connectivity index (χ2n) is 5.35. The van der Waals surface area contributed by atoms with Crippen LogP contribution in [0, 0.1) is 11.8 Å². The molecule has 0 aliphatic heterocycles. The molecule has 0 heterocycles. The van der Waals surface area contributed by atoms with Crippen molar-refractivity contribution in [3.05, 3.63) is 12.2 Å². The van der Waals surface area contributed by atoms with Crippen LogP contribution in [-0.4, -0.2) is 35.0 Å². The maximum absolute atomic E-state index is 11.4. The van der Waals surface area contributed by atoms with Gasteiger partial charge in [0.05, 0.1) is 18.0 Å². The Balaban J connectivity index is 2.99. The van der Waals surface area contributed by atoms with Crippen molar-refractivity contribution in [1.82, 2.24) is 5.32 Å². The second-order valence-corrected chi connectivity index (χ2v) is 5.35. The van der Waals surface area contributed by atoms with Crippen LogP contribution >= 0.6 is 0 Å². The van der Waals surface area contributed by atoms with Gasteiger partial charge in [-0.1, -0.05) is 19.1 Å². The number of hydrogen-bond acceptors (Lipinski definition) is 3. The number of allylic oxidation sites excluding steroid dienone is 1. The van der Waals surface area contributed by atoms with Crippen molar-refractivity contribution in [3.8, 4) is 0 Å². The number of amides is 1. The van der Waals surface area contributed by atoms with Gasteiger partial charge in [0, 0.05) is 12.8 Å². The Morgan fingerprint density at radius 3 is 2.57 bits per heavy atom. The normalized spacial score (nSPS) is 26.5. The lowest BCUT2D eigenvalue weighted by Crippen LogP contribution is -2.41. The number of nitrogens with zero attached hydrogens (tertiary/aromatic N) is 1. The van der Waals surface area contributed by atoms with E-state index < -0.39 is 11.9 Å². The molecule has 0 saturated heterocycles. The summed E-state index contributed by atoms with van der Waals surface area (Å²) in [5.74, 6) is -1.69. The predicted molar refractivity (Wildman–Crippen MR) is 80.5 cm³/mol. The van der Waals surface area contributed by atoms with E-state index in [1.165, 1.54) is 6.92 Å². The molecular formula is C14H24N4O3. The lowest BCUT2D eigenvalue weighted by atomic mass is 9.93. The third kappa shape index (κ3) is 5.09. The number of rotatable bonds is 6. The van der Waals surface area contributed by atoms with Gasteiger partial charge in [-0.25, -0.2) is 4.99 Å². The highest BCUT2D eigenvalue weighted by Gasteiger charge is 2.41.